The number of hydrogen-bond acceptors (Lipinski definition) is 6. The van der Waals surface area contributed by atoms with E-state index in [0.29, 0.717) is 37.4 Å². The molecule has 0 atom stereocenters. The van der Waals surface area contributed by atoms with E-state index < -0.39 is 10.0 Å². The van der Waals surface area contributed by atoms with E-state index in [9.17, 15) is 13.2 Å². The van der Waals surface area contributed by atoms with Gasteiger partial charge in [0.05, 0.1) is 7.11 Å². The van der Waals surface area contributed by atoms with Gasteiger partial charge in [-0.3, -0.25) is 4.79 Å². The van der Waals surface area contributed by atoms with Crippen LogP contribution in [0.5, 0.6) is 5.75 Å². The van der Waals surface area contributed by atoms with Crippen LogP contribution < -0.4 is 4.74 Å². The second kappa shape index (κ2) is 10.7. The molecule has 34 heavy (non-hydrogen) atoms. The number of carbonyl (C=O) groups excluding carboxylic acids is 1. The van der Waals surface area contributed by atoms with Crippen molar-refractivity contribution in [2.45, 2.75) is 50.3 Å². The molecule has 184 valence electrons. The van der Waals surface area contributed by atoms with E-state index in [1.807, 2.05) is 29.2 Å². The van der Waals surface area contributed by atoms with Gasteiger partial charge in [-0.15, -0.1) is 0 Å². The summed E-state index contributed by atoms with van der Waals surface area (Å²) in [5.41, 5.74) is 1.18. The first-order valence-corrected chi connectivity index (χ1v) is 13.4. The Balaban J connectivity index is 1.46. The third kappa shape index (κ3) is 5.36. The second-order valence-corrected chi connectivity index (χ2v) is 10.9. The number of amides is 1. The molecule has 1 aromatic carbocycles. The smallest absolute Gasteiger partial charge is 0.248 e. The molecular weight excluding hydrogens is 454 g/mol. The molecule has 0 unspecified atom stereocenters. The van der Waals surface area contributed by atoms with Gasteiger partial charge in [0.1, 0.15) is 11.4 Å². The summed E-state index contributed by atoms with van der Waals surface area (Å²) < 4.78 is 39.1. The average molecular weight is 488 g/mol. The van der Waals surface area contributed by atoms with E-state index in [0.717, 1.165) is 31.5 Å². The largest absolute Gasteiger partial charge is 0.497 e. The number of aryl methyl sites for hydroxylation is 1. The van der Waals surface area contributed by atoms with Crippen LogP contribution in [0.15, 0.2) is 33.7 Å². The monoisotopic (exact) mass is 487 g/mol. The number of nitrogens with zero attached hydrogens (tertiary/aromatic N) is 3. The molecule has 9 heteroatoms. The Hall–Kier alpha value is -2.65. The summed E-state index contributed by atoms with van der Waals surface area (Å²) in [6.45, 7) is 3.90. The minimum atomic E-state index is -3.80. The summed E-state index contributed by atoms with van der Waals surface area (Å²) in [5, 5.41) is 3.92. The number of sulfonamides is 1. The fraction of sp³-hybridized carbons (Fsp3) is 0.520. The van der Waals surface area contributed by atoms with Gasteiger partial charge in [-0.25, -0.2) is 8.42 Å². The number of carbonyl (C=O) groups is 1. The van der Waals surface area contributed by atoms with Crippen LogP contribution in [0.2, 0.25) is 0 Å². The second-order valence-electron chi connectivity index (χ2n) is 8.99. The fourth-order valence-electron chi connectivity index (χ4n) is 4.74. The van der Waals surface area contributed by atoms with Crippen molar-refractivity contribution < 1.29 is 22.5 Å². The summed E-state index contributed by atoms with van der Waals surface area (Å²) in [6.07, 6.45) is 8.92. The van der Waals surface area contributed by atoms with E-state index in [2.05, 4.69) is 5.16 Å². The van der Waals surface area contributed by atoms with Crippen molar-refractivity contribution in [1.29, 1.82) is 0 Å². The Kier molecular flexibility index (Phi) is 7.73. The first-order valence-electron chi connectivity index (χ1n) is 12.0. The summed E-state index contributed by atoms with van der Waals surface area (Å²) >= 11 is 0. The maximum atomic E-state index is 13.5. The minimum absolute atomic E-state index is 0.0870. The third-order valence-electron chi connectivity index (χ3n) is 6.67. The predicted molar refractivity (Wildman–Crippen MR) is 130 cm³/mol. The van der Waals surface area contributed by atoms with Crippen LogP contribution in [-0.2, 0) is 14.8 Å². The van der Waals surface area contributed by atoms with Crippen molar-refractivity contribution >= 4 is 28.1 Å². The van der Waals surface area contributed by atoms with Crippen LogP contribution in [0.3, 0.4) is 0 Å². The molecule has 2 aromatic rings. The zero-order chi connectivity index (χ0) is 24.1. The van der Waals surface area contributed by atoms with Crippen LogP contribution in [0.25, 0.3) is 12.2 Å². The predicted octanol–water partition coefficient (Wildman–Crippen LogP) is 3.97. The van der Waals surface area contributed by atoms with Crippen LogP contribution in [0, 0.1) is 12.8 Å². The van der Waals surface area contributed by atoms with Crippen LogP contribution in [-0.4, -0.2) is 62.0 Å². The van der Waals surface area contributed by atoms with E-state index >= 15 is 0 Å². The van der Waals surface area contributed by atoms with Gasteiger partial charge >= 0.3 is 0 Å². The number of hydrogen-bond donors (Lipinski definition) is 0. The lowest BCUT2D eigenvalue weighted by molar-refractivity contribution is -0.136. The normalized spacial score (nSPS) is 18.8. The molecule has 4 rings (SSSR count). The number of aromatic nitrogens is 1. The van der Waals surface area contributed by atoms with Crippen molar-refractivity contribution in [3.63, 3.8) is 0 Å². The van der Waals surface area contributed by atoms with Crippen LogP contribution >= 0.6 is 0 Å². The van der Waals surface area contributed by atoms with Crippen LogP contribution in [0.1, 0.15) is 55.5 Å². The SMILES string of the molecule is COc1cccc(/C=C/c2onc(C)c2S(=O)(=O)N2CCC(C(=O)N3CCCCCC3)CC2)c1. The van der Waals surface area contributed by atoms with E-state index in [1.54, 1.807) is 26.2 Å². The molecule has 2 saturated heterocycles. The molecule has 1 amide bonds. The summed E-state index contributed by atoms with van der Waals surface area (Å²) in [6, 6.07) is 7.44. The quantitative estimate of drug-likeness (QED) is 0.612. The van der Waals surface area contributed by atoms with Gasteiger partial charge in [0.2, 0.25) is 15.9 Å². The number of likely N-dealkylation sites (tertiary alicyclic amines) is 1. The minimum Gasteiger partial charge on any atom is -0.497 e. The first kappa shape index (κ1) is 24.5. The van der Waals surface area contributed by atoms with Gasteiger partial charge in [0, 0.05) is 32.1 Å². The zero-order valence-corrected chi connectivity index (χ0v) is 20.7. The fourth-order valence-corrected chi connectivity index (χ4v) is 6.46. The molecule has 0 aliphatic carbocycles. The van der Waals surface area contributed by atoms with Crippen molar-refractivity contribution in [1.82, 2.24) is 14.4 Å². The zero-order valence-electron chi connectivity index (χ0n) is 19.9. The highest BCUT2D eigenvalue weighted by Gasteiger charge is 2.37. The highest BCUT2D eigenvalue weighted by atomic mass is 32.2. The number of piperidine rings is 1. The third-order valence-corrected chi connectivity index (χ3v) is 8.73. The molecule has 0 N–H and O–H groups in total. The van der Waals surface area contributed by atoms with Crippen molar-refractivity contribution in [2.75, 3.05) is 33.3 Å². The van der Waals surface area contributed by atoms with E-state index in [1.165, 1.54) is 17.1 Å². The maximum Gasteiger partial charge on any atom is 0.248 e. The molecule has 8 nitrogen and oxygen atoms in total. The summed E-state index contributed by atoms with van der Waals surface area (Å²) in [7, 11) is -2.21. The number of ether oxygens (including phenoxy) is 1. The topological polar surface area (TPSA) is 93.0 Å². The number of methoxy groups -OCH3 is 1. The molecule has 0 bridgehead atoms. The number of benzene rings is 1. The average Bonchev–Trinajstić information content (AvgIpc) is 3.05. The first-order chi connectivity index (χ1) is 16.4. The Morgan fingerprint density at radius 1 is 1.09 bits per heavy atom. The van der Waals surface area contributed by atoms with Crippen molar-refractivity contribution in [3.8, 4) is 5.75 Å². The standard InChI is InChI=1S/C25H33N3O5S/c1-19-24(23(33-26-19)11-10-20-8-7-9-22(18-20)32-2)34(30,31)28-16-12-21(13-17-28)25(29)27-14-5-3-4-6-15-27/h7-11,18,21H,3-6,12-17H2,1-2H3/b11-10+. The van der Waals surface area contributed by atoms with Crippen molar-refractivity contribution in [2.24, 2.45) is 5.92 Å². The van der Waals surface area contributed by atoms with Crippen molar-refractivity contribution in [3.05, 3.63) is 41.3 Å². The highest BCUT2D eigenvalue weighted by Crippen LogP contribution is 2.30. The van der Waals surface area contributed by atoms with Gasteiger partial charge in [-0.05, 0) is 56.4 Å². The Labute approximate surface area is 201 Å². The Morgan fingerprint density at radius 2 is 1.79 bits per heavy atom. The molecule has 2 aliphatic rings. The molecule has 2 fully saturated rings. The highest BCUT2D eigenvalue weighted by molar-refractivity contribution is 7.89. The Bertz CT molecular complexity index is 1130. The van der Waals surface area contributed by atoms with Gasteiger partial charge in [0.25, 0.3) is 0 Å². The summed E-state index contributed by atoms with van der Waals surface area (Å²) in [4.78, 5) is 15.0. The molecular formula is C25H33N3O5S. The molecule has 0 spiro atoms. The summed E-state index contributed by atoms with van der Waals surface area (Å²) in [5.74, 6) is 0.979. The lowest BCUT2D eigenvalue weighted by Gasteiger charge is -2.33. The van der Waals surface area contributed by atoms with Gasteiger partial charge in [0.15, 0.2) is 10.7 Å². The van der Waals surface area contributed by atoms with Gasteiger partial charge in [-0.1, -0.05) is 36.2 Å². The molecule has 0 radical (unpaired) electrons. The van der Waals surface area contributed by atoms with E-state index in [4.69, 9.17) is 9.26 Å². The molecule has 2 aliphatic heterocycles. The molecule has 1 aromatic heterocycles. The van der Waals surface area contributed by atoms with E-state index in [-0.39, 0.29) is 22.5 Å². The maximum absolute atomic E-state index is 13.5. The van der Waals surface area contributed by atoms with Gasteiger partial charge in [-0.2, -0.15) is 4.31 Å². The van der Waals surface area contributed by atoms with Gasteiger partial charge < -0.3 is 14.2 Å². The molecule has 0 saturated carbocycles. The number of rotatable bonds is 6. The lowest BCUT2D eigenvalue weighted by atomic mass is 9.96. The lowest BCUT2D eigenvalue weighted by Crippen LogP contribution is -2.44. The molecule has 3 heterocycles. The van der Waals surface area contributed by atoms with Crippen LogP contribution in [0.4, 0.5) is 0 Å². The Morgan fingerprint density at radius 3 is 2.47 bits per heavy atom.